The maximum atomic E-state index is 12.0. The van der Waals surface area contributed by atoms with E-state index in [0.717, 1.165) is 92.8 Å². The monoisotopic (exact) mass is 678 g/mol. The molecule has 0 atom stereocenters. The third-order valence-electron chi connectivity index (χ3n) is 9.81. The van der Waals surface area contributed by atoms with E-state index in [1.54, 1.807) is 0 Å². The average molecular weight is 679 g/mol. The van der Waals surface area contributed by atoms with Gasteiger partial charge in [-0.15, -0.1) is 0 Å². The van der Waals surface area contributed by atoms with E-state index in [9.17, 15) is 10.2 Å². The summed E-state index contributed by atoms with van der Waals surface area (Å²) in [6, 6.07) is 16.4. The number of phenols is 2. The second-order valence-corrected chi connectivity index (χ2v) is 16.2. The lowest BCUT2D eigenvalue weighted by atomic mass is 9.81. The number of rotatable bonds is 8. The van der Waals surface area contributed by atoms with Crippen molar-refractivity contribution in [2.45, 2.75) is 118 Å². The van der Waals surface area contributed by atoms with Gasteiger partial charge in [0.25, 0.3) is 0 Å². The molecule has 0 saturated carbocycles. The number of hydrogen-bond donors (Lipinski definition) is 4. The molecule has 0 saturated heterocycles. The summed E-state index contributed by atoms with van der Waals surface area (Å²) in [5.74, 6) is 2.06. The van der Waals surface area contributed by atoms with Crippen LogP contribution in [0.4, 0.5) is 11.4 Å². The van der Waals surface area contributed by atoms with Crippen LogP contribution in [0.1, 0.15) is 137 Å². The van der Waals surface area contributed by atoms with Crippen LogP contribution >= 0.6 is 0 Å². The second-order valence-electron chi connectivity index (χ2n) is 16.2. The number of ether oxygens (including phenoxy) is 2. The molecule has 0 amide bonds. The van der Waals surface area contributed by atoms with E-state index in [1.165, 1.54) is 0 Å². The van der Waals surface area contributed by atoms with Gasteiger partial charge in [0.1, 0.15) is 23.0 Å². The van der Waals surface area contributed by atoms with E-state index >= 15 is 0 Å². The first-order chi connectivity index (χ1) is 23.6. The van der Waals surface area contributed by atoms with Crippen molar-refractivity contribution in [3.05, 3.63) is 104 Å². The summed E-state index contributed by atoms with van der Waals surface area (Å²) < 4.78 is 13.2. The van der Waals surface area contributed by atoms with Gasteiger partial charge in [0.2, 0.25) is 0 Å². The van der Waals surface area contributed by atoms with Gasteiger partial charge in [0, 0.05) is 59.3 Å². The van der Waals surface area contributed by atoms with Gasteiger partial charge < -0.3 is 31.2 Å². The molecule has 0 aromatic heterocycles. The Bertz CT molecular complexity index is 1610. The Morgan fingerprint density at radius 1 is 0.500 bits per heavy atom. The molecular formula is C44H58N2O4. The largest absolute Gasteiger partial charge is 0.507 e. The first kappa shape index (κ1) is 36.9. The fraction of sp³-hybridized carbons (Fsp3) is 0.455. The molecule has 6 nitrogen and oxygen atoms in total. The van der Waals surface area contributed by atoms with E-state index in [0.29, 0.717) is 50.3 Å². The molecule has 0 radical (unpaired) electrons. The molecule has 4 aromatic rings. The number of benzene rings is 4. The number of nitrogen functional groups attached to an aromatic ring is 2. The lowest BCUT2D eigenvalue weighted by Crippen LogP contribution is -2.15. The molecule has 50 heavy (non-hydrogen) atoms. The third-order valence-corrected chi connectivity index (χ3v) is 9.81. The van der Waals surface area contributed by atoms with Gasteiger partial charge in [-0.2, -0.15) is 0 Å². The molecule has 6 N–H and O–H groups in total. The molecule has 1 aliphatic carbocycles. The SMILES string of the molecule is CCCCOc1c2cc(C(C)(C)C)cc1Cc1cc(N)cc(c1O)Cc1cc(C(C)(C)C)cc(c1OCCCC)Cc1cc(N)cc(c1O)C2. The summed E-state index contributed by atoms with van der Waals surface area (Å²) in [5, 5.41) is 24.0. The fourth-order valence-corrected chi connectivity index (χ4v) is 6.84. The molecule has 268 valence electrons. The molecule has 0 aliphatic heterocycles. The lowest BCUT2D eigenvalue weighted by Gasteiger charge is -2.26. The second kappa shape index (κ2) is 14.9. The Labute approximate surface area is 299 Å². The van der Waals surface area contributed by atoms with Crippen LogP contribution in [-0.2, 0) is 36.5 Å². The predicted molar refractivity (Wildman–Crippen MR) is 207 cm³/mol. The zero-order valence-electron chi connectivity index (χ0n) is 31.6. The minimum atomic E-state index is -0.153. The van der Waals surface area contributed by atoms with Crippen molar-refractivity contribution < 1.29 is 19.7 Å². The summed E-state index contributed by atoms with van der Waals surface area (Å²) in [6.45, 7) is 18.6. The van der Waals surface area contributed by atoms with E-state index in [2.05, 4.69) is 79.7 Å². The number of unbranched alkanes of at least 4 members (excludes halogenated alkanes) is 2. The zero-order chi connectivity index (χ0) is 36.4. The van der Waals surface area contributed by atoms with E-state index in [1.807, 2.05) is 24.3 Å². The number of fused-ring (bicyclic) bond motifs is 8. The highest BCUT2D eigenvalue weighted by molar-refractivity contribution is 5.62. The summed E-state index contributed by atoms with van der Waals surface area (Å²) in [6.07, 6.45) is 5.58. The van der Waals surface area contributed by atoms with Crippen LogP contribution in [0.3, 0.4) is 0 Å². The van der Waals surface area contributed by atoms with Crippen molar-refractivity contribution in [3.8, 4) is 23.0 Å². The molecule has 8 bridgehead atoms. The molecule has 0 spiro atoms. The van der Waals surface area contributed by atoms with Crippen molar-refractivity contribution in [1.82, 2.24) is 0 Å². The minimum Gasteiger partial charge on any atom is -0.507 e. The highest BCUT2D eigenvalue weighted by Gasteiger charge is 2.26. The Morgan fingerprint density at radius 2 is 0.780 bits per heavy atom. The molecular weight excluding hydrogens is 620 g/mol. The standard InChI is InChI=1S/C44H58N2O4/c1-9-11-13-49-41-31-15-27-23-37(45)25-29(39(27)47)17-33-21-36(44(6,7)8)22-34(42(33)50-14-12-10-2)18-30-26-38(46)24-28(40(30)48)16-32(41)20-35(19-31)43(3,4)5/h19-26,47-48H,9-18,45-46H2,1-8H3. The molecule has 0 heterocycles. The van der Waals surface area contributed by atoms with Gasteiger partial charge in [-0.25, -0.2) is 0 Å². The first-order valence-corrected chi connectivity index (χ1v) is 18.4. The zero-order valence-corrected chi connectivity index (χ0v) is 31.6. The van der Waals surface area contributed by atoms with Crippen LogP contribution in [0, 0.1) is 0 Å². The number of nitrogens with two attached hydrogens (primary N) is 2. The highest BCUT2D eigenvalue weighted by Crippen LogP contribution is 2.42. The minimum absolute atomic E-state index is 0.153. The number of anilines is 2. The quantitative estimate of drug-likeness (QED) is 0.0739. The average Bonchev–Trinajstić information content (AvgIpc) is 3.02. The van der Waals surface area contributed by atoms with Gasteiger partial charge in [0.15, 0.2) is 0 Å². The highest BCUT2D eigenvalue weighted by atomic mass is 16.5. The van der Waals surface area contributed by atoms with Gasteiger partial charge in [-0.05, 0) is 81.3 Å². The van der Waals surface area contributed by atoms with Crippen LogP contribution in [0.2, 0.25) is 0 Å². The molecule has 1 aliphatic rings. The van der Waals surface area contributed by atoms with Gasteiger partial charge in [-0.1, -0.05) is 92.5 Å². The summed E-state index contributed by atoms with van der Waals surface area (Å²) in [7, 11) is 0. The van der Waals surface area contributed by atoms with Crippen molar-refractivity contribution in [1.29, 1.82) is 0 Å². The van der Waals surface area contributed by atoms with Crippen molar-refractivity contribution in [2.24, 2.45) is 0 Å². The molecule has 0 fully saturated rings. The summed E-state index contributed by atoms with van der Waals surface area (Å²) in [5.41, 5.74) is 23.3. The molecule has 4 aromatic carbocycles. The third kappa shape index (κ3) is 8.34. The van der Waals surface area contributed by atoms with E-state index < -0.39 is 0 Å². The Balaban J connectivity index is 1.84. The van der Waals surface area contributed by atoms with E-state index in [4.69, 9.17) is 20.9 Å². The Hall–Kier alpha value is -4.32. The summed E-state index contributed by atoms with van der Waals surface area (Å²) >= 11 is 0. The van der Waals surface area contributed by atoms with Crippen LogP contribution in [0.15, 0.2) is 48.5 Å². The van der Waals surface area contributed by atoms with Crippen molar-refractivity contribution >= 4 is 11.4 Å². The predicted octanol–water partition coefficient (Wildman–Crippen LogP) is 9.89. The first-order valence-electron chi connectivity index (χ1n) is 18.4. The van der Waals surface area contributed by atoms with Gasteiger partial charge in [-0.3, -0.25) is 0 Å². The smallest absolute Gasteiger partial charge is 0.126 e. The normalized spacial score (nSPS) is 13.3. The van der Waals surface area contributed by atoms with Crippen molar-refractivity contribution in [3.63, 3.8) is 0 Å². The van der Waals surface area contributed by atoms with Crippen LogP contribution in [-0.4, -0.2) is 23.4 Å². The van der Waals surface area contributed by atoms with Crippen molar-refractivity contribution in [2.75, 3.05) is 24.7 Å². The number of phenolic OH excluding ortho intramolecular Hbond substituents is 2. The fourth-order valence-electron chi connectivity index (χ4n) is 6.84. The maximum absolute atomic E-state index is 12.0. The molecule has 0 unspecified atom stereocenters. The van der Waals surface area contributed by atoms with Crippen LogP contribution in [0.25, 0.3) is 0 Å². The van der Waals surface area contributed by atoms with E-state index in [-0.39, 0.29) is 22.3 Å². The Morgan fingerprint density at radius 3 is 1.02 bits per heavy atom. The van der Waals surface area contributed by atoms with Crippen LogP contribution in [0.5, 0.6) is 23.0 Å². The molecule has 6 heteroatoms. The molecule has 5 rings (SSSR count). The topological polar surface area (TPSA) is 111 Å². The van der Waals surface area contributed by atoms with Crippen LogP contribution < -0.4 is 20.9 Å². The Kier molecular flexibility index (Phi) is 11.0. The summed E-state index contributed by atoms with van der Waals surface area (Å²) in [4.78, 5) is 0. The van der Waals surface area contributed by atoms with Gasteiger partial charge in [0.05, 0.1) is 13.2 Å². The van der Waals surface area contributed by atoms with Gasteiger partial charge >= 0.3 is 0 Å². The lowest BCUT2D eigenvalue weighted by molar-refractivity contribution is 0.303. The maximum Gasteiger partial charge on any atom is 0.126 e. The number of hydrogen-bond acceptors (Lipinski definition) is 6. The number of aromatic hydroxyl groups is 2.